The number of aromatic nitrogens is 4. The van der Waals surface area contributed by atoms with E-state index >= 15 is 0 Å². The predicted octanol–water partition coefficient (Wildman–Crippen LogP) is 2.23. The van der Waals surface area contributed by atoms with Crippen LogP contribution in [0.2, 0.25) is 0 Å². The Kier molecular flexibility index (Phi) is 5.49. The first-order valence-electron chi connectivity index (χ1n) is 7.88. The summed E-state index contributed by atoms with van der Waals surface area (Å²) in [5, 5.41) is 11.5. The summed E-state index contributed by atoms with van der Waals surface area (Å²) in [7, 11) is 1.89. The van der Waals surface area contributed by atoms with Crippen molar-refractivity contribution in [1.82, 2.24) is 25.1 Å². The zero-order chi connectivity index (χ0) is 17.6. The maximum Gasteiger partial charge on any atom is 0.226 e. The van der Waals surface area contributed by atoms with Crippen molar-refractivity contribution in [3.05, 3.63) is 48.1 Å². The second-order valence-corrected chi connectivity index (χ2v) is 6.55. The first-order valence-corrected chi connectivity index (χ1v) is 8.87. The summed E-state index contributed by atoms with van der Waals surface area (Å²) in [6.07, 6.45) is 1.86. The van der Waals surface area contributed by atoms with E-state index in [1.165, 1.54) is 0 Å². The first-order chi connectivity index (χ1) is 12.1. The smallest absolute Gasteiger partial charge is 0.226 e. The van der Waals surface area contributed by atoms with Gasteiger partial charge in [0.2, 0.25) is 11.8 Å². The minimum atomic E-state index is -0.0745. The number of carbonyl (C=O) groups is 1. The molecule has 7 nitrogen and oxygen atoms in total. The molecule has 3 aromatic rings. The van der Waals surface area contributed by atoms with Crippen LogP contribution in [0.3, 0.4) is 0 Å². The Hall–Kier alpha value is -2.61. The van der Waals surface area contributed by atoms with E-state index in [2.05, 4.69) is 20.5 Å². The summed E-state index contributed by atoms with van der Waals surface area (Å²) < 4.78 is 7.52. The van der Waals surface area contributed by atoms with Crippen LogP contribution in [0.15, 0.2) is 46.2 Å². The highest BCUT2D eigenvalue weighted by Gasteiger charge is 2.14. The van der Waals surface area contributed by atoms with E-state index in [9.17, 15) is 4.79 Å². The topological polar surface area (TPSA) is 85.8 Å². The number of rotatable bonds is 7. The minimum absolute atomic E-state index is 0.0745. The lowest BCUT2D eigenvalue weighted by molar-refractivity contribution is -0.120. The molecule has 0 radical (unpaired) electrons. The molecule has 0 saturated carbocycles. The fourth-order valence-electron chi connectivity index (χ4n) is 2.25. The Balaban J connectivity index is 1.49. The Morgan fingerprint density at radius 3 is 2.84 bits per heavy atom. The maximum absolute atomic E-state index is 12.1. The average Bonchev–Trinajstić information content (AvgIpc) is 3.19. The monoisotopic (exact) mass is 357 g/mol. The van der Waals surface area contributed by atoms with Crippen molar-refractivity contribution in [3.8, 4) is 11.5 Å². The number of nitrogens with zero attached hydrogens (tertiary/aromatic N) is 4. The van der Waals surface area contributed by atoms with Gasteiger partial charge in [-0.15, -0.1) is 10.2 Å². The molecule has 0 atom stereocenters. The van der Waals surface area contributed by atoms with Crippen LogP contribution in [0, 0.1) is 6.92 Å². The van der Waals surface area contributed by atoms with E-state index in [0.29, 0.717) is 23.9 Å². The minimum Gasteiger partial charge on any atom is -0.441 e. The molecule has 130 valence electrons. The fourth-order valence-corrected chi connectivity index (χ4v) is 2.99. The molecule has 0 aliphatic heterocycles. The molecule has 1 aromatic carbocycles. The lowest BCUT2D eigenvalue weighted by Crippen LogP contribution is -2.27. The van der Waals surface area contributed by atoms with Gasteiger partial charge in [-0.25, -0.2) is 4.98 Å². The van der Waals surface area contributed by atoms with Crippen molar-refractivity contribution in [2.45, 2.75) is 18.5 Å². The summed E-state index contributed by atoms with van der Waals surface area (Å²) in [4.78, 5) is 16.5. The van der Waals surface area contributed by atoms with E-state index in [0.717, 1.165) is 16.5 Å². The molecule has 1 amide bonds. The fraction of sp³-hybridized carbons (Fsp3) is 0.294. The van der Waals surface area contributed by atoms with Gasteiger partial charge < -0.3 is 14.3 Å². The van der Waals surface area contributed by atoms with Crippen molar-refractivity contribution in [2.24, 2.45) is 7.05 Å². The molecule has 0 saturated heterocycles. The zero-order valence-electron chi connectivity index (χ0n) is 14.1. The first kappa shape index (κ1) is 17.2. The van der Waals surface area contributed by atoms with Gasteiger partial charge in [-0.05, 0) is 19.1 Å². The number of aryl methyl sites for hydroxylation is 2. The Morgan fingerprint density at radius 1 is 1.32 bits per heavy atom. The average molecular weight is 357 g/mol. The number of oxazole rings is 1. The quantitative estimate of drug-likeness (QED) is 0.515. The molecule has 1 N–H and O–H groups in total. The molecule has 2 aromatic heterocycles. The van der Waals surface area contributed by atoms with Crippen LogP contribution in [-0.4, -0.2) is 38.0 Å². The van der Waals surface area contributed by atoms with Crippen LogP contribution in [0.5, 0.6) is 0 Å². The number of carbonyl (C=O) groups excluding carboxylic acids is 1. The van der Waals surface area contributed by atoms with Gasteiger partial charge in [0.05, 0.1) is 12.1 Å². The van der Waals surface area contributed by atoms with E-state index in [1.807, 2.05) is 48.9 Å². The van der Waals surface area contributed by atoms with Crippen molar-refractivity contribution < 1.29 is 9.21 Å². The molecule has 0 aliphatic rings. The van der Waals surface area contributed by atoms with Crippen LogP contribution in [0.25, 0.3) is 11.5 Å². The van der Waals surface area contributed by atoms with Crippen molar-refractivity contribution >= 4 is 17.7 Å². The summed E-state index contributed by atoms with van der Waals surface area (Å²) in [5.74, 6) is 1.86. The molecule has 0 aliphatic carbocycles. The molecule has 0 fully saturated rings. The number of benzene rings is 1. The summed E-state index contributed by atoms with van der Waals surface area (Å²) in [5.41, 5.74) is 1.56. The molecule has 2 heterocycles. The van der Waals surface area contributed by atoms with Gasteiger partial charge >= 0.3 is 0 Å². The van der Waals surface area contributed by atoms with Crippen LogP contribution in [-0.2, 0) is 18.3 Å². The third-order valence-corrected chi connectivity index (χ3v) is 4.60. The highest BCUT2D eigenvalue weighted by atomic mass is 32.2. The largest absolute Gasteiger partial charge is 0.441 e. The number of hydrogen-bond donors (Lipinski definition) is 1. The van der Waals surface area contributed by atoms with E-state index in [1.54, 1.807) is 18.1 Å². The number of thioether (sulfide) groups is 1. The van der Waals surface area contributed by atoms with Gasteiger partial charge in [-0.3, -0.25) is 4.79 Å². The second-order valence-electron chi connectivity index (χ2n) is 5.49. The van der Waals surface area contributed by atoms with Crippen LogP contribution < -0.4 is 5.32 Å². The molecule has 0 spiro atoms. The third-order valence-electron chi connectivity index (χ3n) is 3.57. The van der Waals surface area contributed by atoms with Crippen LogP contribution >= 0.6 is 11.8 Å². The third kappa shape index (κ3) is 4.48. The predicted molar refractivity (Wildman–Crippen MR) is 95.1 cm³/mol. The van der Waals surface area contributed by atoms with Gasteiger partial charge in [0.15, 0.2) is 5.16 Å². The molecule has 0 unspecified atom stereocenters. The van der Waals surface area contributed by atoms with Crippen molar-refractivity contribution in [1.29, 1.82) is 0 Å². The van der Waals surface area contributed by atoms with Gasteiger partial charge in [0.25, 0.3) is 0 Å². The lowest BCUT2D eigenvalue weighted by Gasteiger charge is -2.04. The molecule has 0 bridgehead atoms. The van der Waals surface area contributed by atoms with Gasteiger partial charge in [-0.2, -0.15) is 0 Å². The van der Waals surface area contributed by atoms with E-state index in [4.69, 9.17) is 4.42 Å². The second kappa shape index (κ2) is 7.98. The Labute approximate surface area is 149 Å². The number of nitrogens with one attached hydrogen (secondary N) is 1. The SMILES string of the molecule is Cc1oc(-c2ccccc2)nc1CC(=O)NCCSc1nncn1C. The Morgan fingerprint density at radius 2 is 2.12 bits per heavy atom. The molecule has 25 heavy (non-hydrogen) atoms. The summed E-state index contributed by atoms with van der Waals surface area (Å²) in [6, 6.07) is 9.65. The Bertz CT molecular complexity index is 844. The highest BCUT2D eigenvalue weighted by Crippen LogP contribution is 2.21. The van der Waals surface area contributed by atoms with E-state index < -0.39 is 0 Å². The van der Waals surface area contributed by atoms with Crippen LogP contribution in [0.4, 0.5) is 0 Å². The number of amides is 1. The molecular weight excluding hydrogens is 338 g/mol. The van der Waals surface area contributed by atoms with Crippen molar-refractivity contribution in [3.63, 3.8) is 0 Å². The zero-order valence-corrected chi connectivity index (χ0v) is 14.9. The van der Waals surface area contributed by atoms with Crippen LogP contribution in [0.1, 0.15) is 11.5 Å². The standard InChI is InChI=1S/C17H19N5O2S/c1-12-14(20-16(24-12)13-6-4-3-5-7-13)10-15(23)18-8-9-25-17-21-19-11-22(17)2/h3-7,11H,8-10H2,1-2H3,(H,18,23). The van der Waals surface area contributed by atoms with Crippen molar-refractivity contribution in [2.75, 3.05) is 12.3 Å². The number of hydrogen-bond acceptors (Lipinski definition) is 6. The van der Waals surface area contributed by atoms with E-state index in [-0.39, 0.29) is 12.3 Å². The van der Waals surface area contributed by atoms with Gasteiger partial charge in [-0.1, -0.05) is 30.0 Å². The lowest BCUT2D eigenvalue weighted by atomic mass is 10.2. The summed E-state index contributed by atoms with van der Waals surface area (Å²) >= 11 is 1.55. The molecule has 8 heteroatoms. The maximum atomic E-state index is 12.1. The molecule has 3 rings (SSSR count). The highest BCUT2D eigenvalue weighted by molar-refractivity contribution is 7.99. The van der Waals surface area contributed by atoms with Gasteiger partial charge in [0.1, 0.15) is 12.1 Å². The normalized spacial score (nSPS) is 10.8. The summed E-state index contributed by atoms with van der Waals surface area (Å²) in [6.45, 7) is 2.38. The molecular formula is C17H19N5O2S. The van der Waals surface area contributed by atoms with Gasteiger partial charge in [0, 0.05) is 24.9 Å².